The van der Waals surface area contributed by atoms with Crippen molar-refractivity contribution in [1.29, 1.82) is 0 Å². The molecule has 27 heavy (non-hydrogen) atoms. The molecule has 0 heterocycles. The van der Waals surface area contributed by atoms with Gasteiger partial charge in [-0.25, -0.2) is 4.79 Å². The second kappa shape index (κ2) is 9.36. The normalized spacial score (nSPS) is 14.7. The minimum Gasteiger partial charge on any atom is -0.478 e. The quantitative estimate of drug-likeness (QED) is 0.775. The zero-order valence-corrected chi connectivity index (χ0v) is 15.6. The molecule has 0 aromatic heterocycles. The molecular weight excluding hydrogens is 338 g/mol. The number of carbonyl (C=O) groups excluding carboxylic acids is 1. The Morgan fingerprint density at radius 2 is 1.59 bits per heavy atom. The van der Waals surface area contributed by atoms with Crippen molar-refractivity contribution < 1.29 is 14.7 Å². The predicted octanol–water partition coefficient (Wildman–Crippen LogP) is 4.68. The zero-order valence-electron chi connectivity index (χ0n) is 15.6. The molecule has 1 aliphatic carbocycles. The van der Waals surface area contributed by atoms with Crippen LogP contribution in [0.4, 0.5) is 0 Å². The van der Waals surface area contributed by atoms with Gasteiger partial charge in [0.15, 0.2) is 0 Å². The molecule has 0 spiro atoms. The Labute approximate surface area is 160 Å². The smallest absolute Gasteiger partial charge is 0.335 e. The molecule has 1 N–H and O–H groups in total. The number of carboxylic acid groups (broad SMARTS) is 1. The molecule has 1 fully saturated rings. The molecular formula is C23H27NO3. The van der Waals surface area contributed by atoms with Crippen molar-refractivity contribution in [3.8, 4) is 0 Å². The number of carboxylic acids is 1. The van der Waals surface area contributed by atoms with E-state index < -0.39 is 5.97 Å². The first-order valence-electron chi connectivity index (χ1n) is 9.80. The predicted molar refractivity (Wildman–Crippen MR) is 106 cm³/mol. The standard InChI is InChI=1S/C23H27NO3/c25-22(16-15-19-11-7-8-14-21(19)23(26)27)24(20-12-5-2-6-13-20)17-18-9-3-1-4-10-18/h1,3-4,7-11,14,20H,2,5-6,12-13,15-17H2,(H,26,27). The number of nitrogens with zero attached hydrogens (tertiary/aromatic N) is 1. The van der Waals surface area contributed by atoms with Gasteiger partial charge in [-0.05, 0) is 36.5 Å². The summed E-state index contributed by atoms with van der Waals surface area (Å²) in [6.07, 6.45) is 6.51. The van der Waals surface area contributed by atoms with Crippen LogP contribution in [0.2, 0.25) is 0 Å². The van der Waals surface area contributed by atoms with Crippen LogP contribution in [0.25, 0.3) is 0 Å². The van der Waals surface area contributed by atoms with E-state index in [9.17, 15) is 14.7 Å². The SMILES string of the molecule is O=C(O)c1ccccc1CCC(=O)N(Cc1ccccc1)C1CCCCC1. The summed E-state index contributed by atoms with van der Waals surface area (Å²) in [7, 11) is 0. The lowest BCUT2D eigenvalue weighted by atomic mass is 9.93. The fourth-order valence-corrected chi connectivity index (χ4v) is 3.93. The van der Waals surface area contributed by atoms with Crippen molar-refractivity contribution in [2.75, 3.05) is 0 Å². The van der Waals surface area contributed by atoms with E-state index in [2.05, 4.69) is 12.1 Å². The molecule has 142 valence electrons. The summed E-state index contributed by atoms with van der Waals surface area (Å²) in [6, 6.07) is 17.4. The Hall–Kier alpha value is -2.62. The molecule has 1 aliphatic rings. The van der Waals surface area contributed by atoms with Gasteiger partial charge in [-0.15, -0.1) is 0 Å². The van der Waals surface area contributed by atoms with Gasteiger partial charge in [0.25, 0.3) is 0 Å². The van der Waals surface area contributed by atoms with Gasteiger partial charge in [0.2, 0.25) is 5.91 Å². The first kappa shape index (κ1) is 19.2. The summed E-state index contributed by atoms with van der Waals surface area (Å²) in [5.74, 6) is -0.822. The van der Waals surface area contributed by atoms with Crippen molar-refractivity contribution in [1.82, 2.24) is 4.90 Å². The lowest BCUT2D eigenvalue weighted by Gasteiger charge is -2.34. The minimum atomic E-state index is -0.938. The molecule has 3 rings (SSSR count). The van der Waals surface area contributed by atoms with Crippen molar-refractivity contribution >= 4 is 11.9 Å². The Balaban J connectivity index is 1.71. The monoisotopic (exact) mass is 365 g/mol. The molecule has 0 bridgehead atoms. The largest absolute Gasteiger partial charge is 0.478 e. The first-order chi connectivity index (χ1) is 13.1. The van der Waals surface area contributed by atoms with Crippen molar-refractivity contribution in [2.45, 2.75) is 57.5 Å². The third-order valence-corrected chi connectivity index (χ3v) is 5.39. The fourth-order valence-electron chi connectivity index (χ4n) is 3.93. The molecule has 0 radical (unpaired) electrons. The summed E-state index contributed by atoms with van der Waals surface area (Å²) in [5.41, 5.74) is 2.15. The number of rotatable bonds is 7. The van der Waals surface area contributed by atoms with Crippen LogP contribution in [0.15, 0.2) is 54.6 Å². The highest BCUT2D eigenvalue weighted by atomic mass is 16.4. The Morgan fingerprint density at radius 1 is 0.926 bits per heavy atom. The van der Waals surface area contributed by atoms with Crippen LogP contribution in [0.3, 0.4) is 0 Å². The van der Waals surface area contributed by atoms with Crippen LogP contribution in [0.5, 0.6) is 0 Å². The van der Waals surface area contributed by atoms with E-state index in [0.717, 1.165) is 24.0 Å². The highest BCUT2D eigenvalue weighted by molar-refractivity contribution is 5.89. The highest BCUT2D eigenvalue weighted by Gasteiger charge is 2.25. The lowest BCUT2D eigenvalue weighted by molar-refractivity contribution is -0.135. The van der Waals surface area contributed by atoms with Gasteiger partial charge in [-0.3, -0.25) is 4.79 Å². The van der Waals surface area contributed by atoms with Gasteiger partial charge < -0.3 is 10.0 Å². The van der Waals surface area contributed by atoms with E-state index in [-0.39, 0.29) is 11.5 Å². The first-order valence-corrected chi connectivity index (χ1v) is 9.80. The highest BCUT2D eigenvalue weighted by Crippen LogP contribution is 2.25. The topological polar surface area (TPSA) is 57.6 Å². The van der Waals surface area contributed by atoms with E-state index in [1.165, 1.54) is 19.3 Å². The lowest BCUT2D eigenvalue weighted by Crippen LogP contribution is -2.41. The number of hydrogen-bond donors (Lipinski definition) is 1. The number of carbonyl (C=O) groups is 2. The van der Waals surface area contributed by atoms with E-state index in [0.29, 0.717) is 25.4 Å². The Kier molecular flexibility index (Phi) is 6.64. The van der Waals surface area contributed by atoms with Gasteiger partial charge >= 0.3 is 5.97 Å². The molecule has 2 aromatic rings. The van der Waals surface area contributed by atoms with E-state index in [4.69, 9.17) is 0 Å². The van der Waals surface area contributed by atoms with E-state index >= 15 is 0 Å². The zero-order chi connectivity index (χ0) is 19.1. The summed E-state index contributed by atoms with van der Waals surface area (Å²) in [6.45, 7) is 0.630. The maximum absolute atomic E-state index is 13.1. The van der Waals surface area contributed by atoms with E-state index in [1.54, 1.807) is 18.2 Å². The molecule has 2 aromatic carbocycles. The van der Waals surface area contributed by atoms with Gasteiger partial charge in [0.05, 0.1) is 5.56 Å². The Morgan fingerprint density at radius 3 is 2.30 bits per heavy atom. The number of benzene rings is 2. The van der Waals surface area contributed by atoms with Crippen LogP contribution in [-0.4, -0.2) is 27.9 Å². The average molecular weight is 365 g/mol. The maximum atomic E-state index is 13.1. The number of amides is 1. The van der Waals surface area contributed by atoms with Gasteiger partial charge in [-0.2, -0.15) is 0 Å². The van der Waals surface area contributed by atoms with Gasteiger partial charge in [0.1, 0.15) is 0 Å². The van der Waals surface area contributed by atoms with Crippen LogP contribution < -0.4 is 0 Å². The average Bonchev–Trinajstić information content (AvgIpc) is 2.72. The molecule has 0 unspecified atom stereocenters. The molecule has 0 aliphatic heterocycles. The molecule has 0 saturated heterocycles. The third kappa shape index (κ3) is 5.19. The number of aryl methyl sites for hydroxylation is 1. The number of hydrogen-bond acceptors (Lipinski definition) is 2. The molecule has 0 atom stereocenters. The second-order valence-corrected chi connectivity index (χ2v) is 7.26. The molecule has 4 heteroatoms. The van der Waals surface area contributed by atoms with Crippen LogP contribution in [0, 0.1) is 0 Å². The Bertz CT molecular complexity index is 766. The van der Waals surface area contributed by atoms with Gasteiger partial charge in [0, 0.05) is 19.0 Å². The fraction of sp³-hybridized carbons (Fsp3) is 0.391. The van der Waals surface area contributed by atoms with Gasteiger partial charge in [-0.1, -0.05) is 67.8 Å². The van der Waals surface area contributed by atoms with Crippen LogP contribution >= 0.6 is 0 Å². The molecule has 1 saturated carbocycles. The number of aromatic carboxylic acids is 1. The second-order valence-electron chi connectivity index (χ2n) is 7.26. The van der Waals surface area contributed by atoms with E-state index in [1.807, 2.05) is 29.2 Å². The summed E-state index contributed by atoms with van der Waals surface area (Å²) >= 11 is 0. The molecule has 1 amide bonds. The van der Waals surface area contributed by atoms with Crippen molar-refractivity contribution in [3.05, 3.63) is 71.3 Å². The minimum absolute atomic E-state index is 0.117. The summed E-state index contributed by atoms with van der Waals surface area (Å²) in [4.78, 5) is 26.5. The van der Waals surface area contributed by atoms with Crippen LogP contribution in [0.1, 0.15) is 60.0 Å². The maximum Gasteiger partial charge on any atom is 0.335 e. The van der Waals surface area contributed by atoms with Crippen LogP contribution in [-0.2, 0) is 17.8 Å². The van der Waals surface area contributed by atoms with Crippen molar-refractivity contribution in [2.24, 2.45) is 0 Å². The van der Waals surface area contributed by atoms with Crippen molar-refractivity contribution in [3.63, 3.8) is 0 Å². The summed E-state index contributed by atoms with van der Waals surface area (Å²) in [5, 5.41) is 9.34. The third-order valence-electron chi connectivity index (χ3n) is 5.39. The summed E-state index contributed by atoms with van der Waals surface area (Å²) < 4.78 is 0. The molecule has 4 nitrogen and oxygen atoms in total.